The van der Waals surface area contributed by atoms with Crippen LogP contribution in [0.3, 0.4) is 0 Å². The fourth-order valence-corrected chi connectivity index (χ4v) is 3.05. The largest absolute Gasteiger partial charge is 0.491 e. The molecule has 0 radical (unpaired) electrons. The smallest absolute Gasteiger partial charge is 0.386 e. The van der Waals surface area contributed by atoms with Crippen LogP contribution < -0.4 is 4.90 Å². The van der Waals surface area contributed by atoms with Gasteiger partial charge in [0.1, 0.15) is 5.69 Å². The zero-order chi connectivity index (χ0) is 22.1. The molecule has 2 heterocycles. The summed E-state index contributed by atoms with van der Waals surface area (Å²) in [6.45, 7) is 3.46. The van der Waals surface area contributed by atoms with Crippen molar-refractivity contribution >= 4 is 22.5 Å². The van der Waals surface area contributed by atoms with E-state index in [1.165, 1.54) is 62.2 Å². The van der Waals surface area contributed by atoms with Crippen molar-refractivity contribution in [1.29, 1.82) is 0 Å². The van der Waals surface area contributed by atoms with Gasteiger partial charge >= 0.3 is 6.30 Å². The fourth-order valence-electron chi connectivity index (χ4n) is 3.05. The van der Waals surface area contributed by atoms with E-state index in [0.29, 0.717) is 24.1 Å². The topological polar surface area (TPSA) is 80.5 Å². The number of carbonyl (C=O) groups excluding carboxylic acids is 1. The van der Waals surface area contributed by atoms with E-state index in [-0.39, 0.29) is 16.2 Å². The molecule has 160 valence electrons. The summed E-state index contributed by atoms with van der Waals surface area (Å²) < 4.78 is 48.7. The van der Waals surface area contributed by atoms with Crippen molar-refractivity contribution in [2.24, 2.45) is 0 Å². The number of methoxy groups -OCH3 is 1. The van der Waals surface area contributed by atoms with Crippen molar-refractivity contribution in [2.75, 3.05) is 18.6 Å². The van der Waals surface area contributed by atoms with Gasteiger partial charge in [0, 0.05) is 30.5 Å². The Morgan fingerprint density at radius 2 is 2.00 bits per heavy atom. The molecule has 3 aromatic rings. The first-order chi connectivity index (χ1) is 14.0. The molecular formula is C20H21F3N4O3. The molecular weight excluding hydrogens is 401 g/mol. The number of benzene rings is 1. The standard InChI is InChI=1S/C20H21F3N4O3/c1-19(2,29)14-11-16-13(12-26(25-16)8-9-30-3)10-17(14)27(20(21,22)23)18(28)15-6-4-5-7-24-15/h4-7,10-12,29H,8-9H2,1-3H3. The number of hydrogen-bond donors (Lipinski definition) is 1. The third kappa shape index (κ3) is 4.44. The first-order valence-electron chi connectivity index (χ1n) is 9.07. The second-order valence-corrected chi connectivity index (χ2v) is 7.20. The van der Waals surface area contributed by atoms with Crippen LogP contribution in [0.1, 0.15) is 29.9 Å². The van der Waals surface area contributed by atoms with Gasteiger partial charge in [0.2, 0.25) is 0 Å². The molecule has 0 atom stereocenters. The lowest BCUT2D eigenvalue weighted by Gasteiger charge is -2.30. The van der Waals surface area contributed by atoms with E-state index in [4.69, 9.17) is 4.74 Å². The van der Waals surface area contributed by atoms with Crippen molar-refractivity contribution in [3.05, 3.63) is 54.0 Å². The van der Waals surface area contributed by atoms with Crippen LogP contribution in [-0.2, 0) is 16.9 Å². The zero-order valence-electron chi connectivity index (χ0n) is 16.6. The van der Waals surface area contributed by atoms with Crippen LogP contribution in [0.4, 0.5) is 18.9 Å². The number of aliphatic hydroxyl groups is 1. The monoisotopic (exact) mass is 422 g/mol. The fraction of sp³-hybridized carbons (Fsp3) is 0.350. The molecule has 0 bridgehead atoms. The molecule has 0 aliphatic rings. The molecule has 0 saturated carbocycles. The summed E-state index contributed by atoms with van der Waals surface area (Å²) >= 11 is 0. The van der Waals surface area contributed by atoms with Crippen molar-refractivity contribution in [1.82, 2.24) is 14.8 Å². The summed E-state index contributed by atoms with van der Waals surface area (Å²) in [6.07, 6.45) is -2.25. The number of alkyl halides is 3. The van der Waals surface area contributed by atoms with E-state index >= 15 is 0 Å². The maximum atomic E-state index is 14.0. The van der Waals surface area contributed by atoms with E-state index in [1.807, 2.05) is 0 Å². The zero-order valence-corrected chi connectivity index (χ0v) is 16.6. The Balaban J connectivity index is 2.21. The summed E-state index contributed by atoms with van der Waals surface area (Å²) in [5.41, 5.74) is -2.22. The van der Waals surface area contributed by atoms with Crippen LogP contribution in [0, 0.1) is 0 Å². The minimum absolute atomic E-state index is 0.0893. The number of hydrogen-bond acceptors (Lipinski definition) is 5. The normalized spacial score (nSPS) is 12.4. The summed E-state index contributed by atoms with van der Waals surface area (Å²) in [6, 6.07) is 6.68. The molecule has 7 nitrogen and oxygen atoms in total. The van der Waals surface area contributed by atoms with Crippen LogP contribution in [0.5, 0.6) is 0 Å². The molecule has 0 aliphatic heterocycles. The number of carbonyl (C=O) groups is 1. The van der Waals surface area contributed by atoms with Crippen LogP contribution in [0.25, 0.3) is 10.9 Å². The maximum absolute atomic E-state index is 14.0. The number of pyridine rings is 1. The van der Waals surface area contributed by atoms with E-state index in [2.05, 4.69) is 10.1 Å². The third-order valence-corrected chi connectivity index (χ3v) is 4.43. The van der Waals surface area contributed by atoms with Crippen LogP contribution in [-0.4, -0.2) is 45.8 Å². The van der Waals surface area contributed by atoms with E-state index < -0.39 is 23.5 Å². The number of fused-ring (bicyclic) bond motifs is 1. The lowest BCUT2D eigenvalue weighted by Crippen LogP contribution is -2.44. The molecule has 3 rings (SSSR count). The highest BCUT2D eigenvalue weighted by Crippen LogP contribution is 2.39. The van der Waals surface area contributed by atoms with Crippen LogP contribution in [0.15, 0.2) is 42.7 Å². The van der Waals surface area contributed by atoms with Gasteiger partial charge < -0.3 is 9.84 Å². The summed E-state index contributed by atoms with van der Waals surface area (Å²) in [7, 11) is 1.53. The molecule has 1 aromatic carbocycles. The number of rotatable bonds is 6. The van der Waals surface area contributed by atoms with Crippen molar-refractivity contribution in [3.8, 4) is 0 Å². The summed E-state index contributed by atoms with van der Waals surface area (Å²) in [4.78, 5) is 16.2. The first kappa shape index (κ1) is 21.7. The molecule has 1 N–H and O–H groups in total. The van der Waals surface area contributed by atoms with Crippen LogP contribution >= 0.6 is 0 Å². The molecule has 0 saturated heterocycles. The second kappa shape index (κ2) is 8.04. The quantitative estimate of drug-likeness (QED) is 0.616. The number of halogens is 3. The number of anilines is 1. The van der Waals surface area contributed by atoms with Gasteiger partial charge in [-0.15, -0.1) is 13.2 Å². The number of aromatic nitrogens is 3. The Bertz CT molecular complexity index is 1040. The molecule has 2 aromatic heterocycles. The van der Waals surface area contributed by atoms with Crippen molar-refractivity contribution in [2.45, 2.75) is 32.3 Å². The minimum atomic E-state index is -5.05. The average Bonchev–Trinajstić information content (AvgIpc) is 3.06. The molecule has 0 fully saturated rings. The van der Waals surface area contributed by atoms with Gasteiger partial charge in [0.25, 0.3) is 5.91 Å². The molecule has 1 amide bonds. The third-order valence-electron chi connectivity index (χ3n) is 4.43. The molecule has 10 heteroatoms. The van der Waals surface area contributed by atoms with Gasteiger partial charge in [-0.1, -0.05) is 6.07 Å². The second-order valence-electron chi connectivity index (χ2n) is 7.20. The van der Waals surface area contributed by atoms with Gasteiger partial charge in [-0.2, -0.15) is 5.10 Å². The van der Waals surface area contributed by atoms with Gasteiger partial charge in [-0.25, -0.2) is 4.90 Å². The number of nitrogens with zero attached hydrogens (tertiary/aromatic N) is 4. The maximum Gasteiger partial charge on any atom is 0.491 e. The Hall–Kier alpha value is -2.98. The molecule has 0 spiro atoms. The highest BCUT2D eigenvalue weighted by Gasteiger charge is 2.45. The predicted octanol–water partition coefficient (Wildman–Crippen LogP) is 3.47. The Morgan fingerprint density at radius 3 is 2.57 bits per heavy atom. The van der Waals surface area contributed by atoms with E-state index in [9.17, 15) is 23.1 Å². The average molecular weight is 422 g/mol. The van der Waals surface area contributed by atoms with E-state index in [0.717, 1.165) is 0 Å². The minimum Gasteiger partial charge on any atom is -0.386 e. The van der Waals surface area contributed by atoms with Crippen LogP contribution in [0.2, 0.25) is 0 Å². The molecule has 30 heavy (non-hydrogen) atoms. The van der Waals surface area contributed by atoms with Gasteiger partial charge in [-0.3, -0.25) is 14.5 Å². The SMILES string of the molecule is COCCn1cc2cc(N(C(=O)c3ccccn3)C(F)(F)F)c(C(C)(C)O)cc2n1. The Morgan fingerprint density at radius 1 is 1.27 bits per heavy atom. The lowest BCUT2D eigenvalue weighted by atomic mass is 9.94. The van der Waals surface area contributed by atoms with Gasteiger partial charge in [0.15, 0.2) is 0 Å². The van der Waals surface area contributed by atoms with E-state index in [1.54, 1.807) is 6.20 Å². The van der Waals surface area contributed by atoms with Gasteiger partial charge in [-0.05, 0) is 38.1 Å². The highest BCUT2D eigenvalue weighted by atomic mass is 19.4. The summed E-state index contributed by atoms with van der Waals surface area (Å²) in [5, 5.41) is 15.3. The Kier molecular flexibility index (Phi) is 5.82. The Labute approximate surface area is 170 Å². The predicted molar refractivity (Wildman–Crippen MR) is 104 cm³/mol. The summed E-state index contributed by atoms with van der Waals surface area (Å²) in [5.74, 6) is -1.35. The highest BCUT2D eigenvalue weighted by molar-refractivity contribution is 6.06. The number of amides is 1. The van der Waals surface area contributed by atoms with Crippen molar-refractivity contribution < 1.29 is 27.8 Å². The molecule has 0 unspecified atom stereocenters. The van der Waals surface area contributed by atoms with Crippen molar-refractivity contribution in [3.63, 3.8) is 0 Å². The first-order valence-corrected chi connectivity index (χ1v) is 9.07. The van der Waals surface area contributed by atoms with Gasteiger partial charge in [0.05, 0.1) is 30.0 Å². The number of ether oxygens (including phenoxy) is 1. The lowest BCUT2D eigenvalue weighted by molar-refractivity contribution is -0.122. The molecule has 0 aliphatic carbocycles.